The molecule has 0 saturated carbocycles. The molecular formula is C19H24O7. The molecular weight excluding hydrogens is 340 g/mol. The highest BCUT2D eigenvalue weighted by molar-refractivity contribution is 5.54. The molecule has 7 nitrogen and oxygen atoms in total. The van der Waals surface area contributed by atoms with Gasteiger partial charge in [-0.1, -0.05) is 12.1 Å². The minimum Gasteiger partial charge on any atom is -0.493 e. The van der Waals surface area contributed by atoms with Crippen LogP contribution in [0, 0.1) is 0 Å². The fraction of sp³-hybridized carbons (Fsp3) is 0.368. The van der Waals surface area contributed by atoms with E-state index >= 15 is 0 Å². The van der Waals surface area contributed by atoms with Crippen LogP contribution in [0.15, 0.2) is 36.4 Å². The zero-order valence-corrected chi connectivity index (χ0v) is 15.3. The van der Waals surface area contributed by atoms with E-state index < -0.39 is 18.8 Å². The molecule has 0 heterocycles. The van der Waals surface area contributed by atoms with Crippen LogP contribution < -0.4 is 23.7 Å². The molecule has 0 aromatic heterocycles. The Morgan fingerprint density at radius 1 is 0.808 bits per heavy atom. The quantitative estimate of drug-likeness (QED) is 0.705. The van der Waals surface area contributed by atoms with Crippen LogP contribution in [0.4, 0.5) is 0 Å². The van der Waals surface area contributed by atoms with E-state index in [1.165, 1.54) is 28.4 Å². The molecule has 0 aliphatic carbocycles. The average Bonchev–Trinajstić information content (AvgIpc) is 2.70. The SMILES string of the molecule is COc1ccccc1OC(CO)C(O)c1cc(OC)c(OC)c(OC)c1. The molecule has 2 rings (SSSR count). The summed E-state index contributed by atoms with van der Waals surface area (Å²) in [4.78, 5) is 0. The minimum absolute atomic E-state index is 0.398. The molecule has 7 heteroatoms. The molecule has 2 unspecified atom stereocenters. The molecule has 0 aliphatic heterocycles. The van der Waals surface area contributed by atoms with Gasteiger partial charge in [0, 0.05) is 0 Å². The lowest BCUT2D eigenvalue weighted by Gasteiger charge is -2.24. The normalized spacial score (nSPS) is 12.8. The smallest absolute Gasteiger partial charge is 0.203 e. The van der Waals surface area contributed by atoms with Crippen molar-refractivity contribution >= 4 is 0 Å². The lowest BCUT2D eigenvalue weighted by Crippen LogP contribution is -2.29. The molecule has 0 fully saturated rings. The summed E-state index contributed by atoms with van der Waals surface area (Å²) in [5.74, 6) is 2.13. The largest absolute Gasteiger partial charge is 0.493 e. The number of hydrogen-bond acceptors (Lipinski definition) is 7. The molecule has 0 saturated heterocycles. The van der Waals surface area contributed by atoms with Gasteiger partial charge in [0.15, 0.2) is 29.1 Å². The van der Waals surface area contributed by atoms with E-state index in [9.17, 15) is 10.2 Å². The minimum atomic E-state index is -1.14. The van der Waals surface area contributed by atoms with E-state index in [4.69, 9.17) is 23.7 Å². The van der Waals surface area contributed by atoms with Crippen molar-refractivity contribution in [3.63, 3.8) is 0 Å². The first-order valence-electron chi connectivity index (χ1n) is 7.98. The van der Waals surface area contributed by atoms with E-state index in [1.54, 1.807) is 36.4 Å². The van der Waals surface area contributed by atoms with Gasteiger partial charge >= 0.3 is 0 Å². The number of para-hydroxylation sites is 2. The summed E-state index contributed by atoms with van der Waals surface area (Å²) < 4.78 is 26.9. The Labute approximate surface area is 152 Å². The maximum Gasteiger partial charge on any atom is 0.203 e. The third-order valence-corrected chi connectivity index (χ3v) is 3.91. The number of rotatable bonds is 9. The van der Waals surface area contributed by atoms with E-state index in [0.29, 0.717) is 34.3 Å². The van der Waals surface area contributed by atoms with Gasteiger partial charge in [-0.2, -0.15) is 0 Å². The number of benzene rings is 2. The summed E-state index contributed by atoms with van der Waals surface area (Å²) >= 11 is 0. The number of ether oxygens (including phenoxy) is 5. The van der Waals surface area contributed by atoms with Crippen molar-refractivity contribution in [1.29, 1.82) is 0 Å². The molecule has 0 aliphatic rings. The Kier molecular flexibility index (Phi) is 6.94. The van der Waals surface area contributed by atoms with Crippen molar-refractivity contribution in [2.75, 3.05) is 35.0 Å². The molecule has 0 amide bonds. The molecule has 2 aromatic rings. The van der Waals surface area contributed by atoms with Crippen LogP contribution in [0.5, 0.6) is 28.7 Å². The molecule has 0 radical (unpaired) electrons. The Hall–Kier alpha value is -2.64. The number of aliphatic hydroxyl groups excluding tert-OH is 2. The van der Waals surface area contributed by atoms with E-state index in [1.807, 2.05) is 0 Å². The highest BCUT2D eigenvalue weighted by Gasteiger charge is 2.26. The van der Waals surface area contributed by atoms with Crippen molar-refractivity contribution in [3.05, 3.63) is 42.0 Å². The first-order valence-corrected chi connectivity index (χ1v) is 7.98. The van der Waals surface area contributed by atoms with Crippen molar-refractivity contribution in [2.45, 2.75) is 12.2 Å². The predicted molar refractivity (Wildman–Crippen MR) is 95.6 cm³/mol. The van der Waals surface area contributed by atoms with Crippen LogP contribution in [-0.4, -0.2) is 51.4 Å². The van der Waals surface area contributed by atoms with E-state index in [2.05, 4.69) is 0 Å². The fourth-order valence-electron chi connectivity index (χ4n) is 2.57. The summed E-state index contributed by atoms with van der Waals surface area (Å²) in [6.07, 6.45) is -2.06. The first-order chi connectivity index (χ1) is 12.6. The molecule has 2 aromatic carbocycles. The van der Waals surface area contributed by atoms with Crippen LogP contribution in [0.3, 0.4) is 0 Å². The Morgan fingerprint density at radius 3 is 1.81 bits per heavy atom. The van der Waals surface area contributed by atoms with Crippen molar-refractivity contribution < 1.29 is 33.9 Å². The van der Waals surface area contributed by atoms with Gasteiger partial charge in [0.25, 0.3) is 0 Å². The van der Waals surface area contributed by atoms with Crippen LogP contribution >= 0.6 is 0 Å². The summed E-state index contributed by atoms with van der Waals surface area (Å²) in [5.41, 5.74) is 0.452. The highest BCUT2D eigenvalue weighted by Crippen LogP contribution is 2.40. The lowest BCUT2D eigenvalue weighted by molar-refractivity contribution is -0.000612. The first kappa shape index (κ1) is 19.7. The molecule has 142 valence electrons. The second kappa shape index (κ2) is 9.17. The second-order valence-electron chi connectivity index (χ2n) is 5.39. The molecule has 26 heavy (non-hydrogen) atoms. The Morgan fingerprint density at radius 2 is 1.35 bits per heavy atom. The lowest BCUT2D eigenvalue weighted by atomic mass is 10.0. The predicted octanol–water partition coefficient (Wildman–Crippen LogP) is 2.19. The van der Waals surface area contributed by atoms with Gasteiger partial charge in [0.05, 0.1) is 35.0 Å². The maximum atomic E-state index is 10.7. The third kappa shape index (κ3) is 4.12. The highest BCUT2D eigenvalue weighted by atomic mass is 16.5. The summed E-state index contributed by atoms with van der Waals surface area (Å²) in [6, 6.07) is 10.2. The van der Waals surface area contributed by atoms with Gasteiger partial charge < -0.3 is 33.9 Å². The molecule has 2 atom stereocenters. The van der Waals surface area contributed by atoms with Crippen LogP contribution in [0.2, 0.25) is 0 Å². The van der Waals surface area contributed by atoms with Gasteiger partial charge in [0.1, 0.15) is 6.10 Å². The monoisotopic (exact) mass is 364 g/mol. The fourth-order valence-corrected chi connectivity index (χ4v) is 2.57. The Balaban J connectivity index is 2.34. The Bertz CT molecular complexity index is 692. The van der Waals surface area contributed by atoms with E-state index in [-0.39, 0.29) is 0 Å². The van der Waals surface area contributed by atoms with Crippen molar-refractivity contribution in [3.8, 4) is 28.7 Å². The number of hydrogen-bond donors (Lipinski definition) is 2. The third-order valence-electron chi connectivity index (χ3n) is 3.91. The average molecular weight is 364 g/mol. The second-order valence-corrected chi connectivity index (χ2v) is 5.39. The van der Waals surface area contributed by atoms with Gasteiger partial charge in [-0.15, -0.1) is 0 Å². The molecule has 2 N–H and O–H groups in total. The van der Waals surface area contributed by atoms with Crippen molar-refractivity contribution in [1.82, 2.24) is 0 Å². The molecule has 0 bridgehead atoms. The van der Waals surface area contributed by atoms with Gasteiger partial charge in [-0.05, 0) is 29.8 Å². The van der Waals surface area contributed by atoms with Gasteiger partial charge in [-0.3, -0.25) is 0 Å². The van der Waals surface area contributed by atoms with Gasteiger partial charge in [0.2, 0.25) is 5.75 Å². The summed E-state index contributed by atoms with van der Waals surface area (Å²) in [7, 11) is 5.99. The maximum absolute atomic E-state index is 10.7. The molecule has 0 spiro atoms. The standard InChI is InChI=1S/C19H24O7/c1-22-13-7-5-6-8-14(13)26-17(11-20)18(21)12-9-15(23-2)19(25-4)16(10-12)24-3/h5-10,17-18,20-21H,11H2,1-4H3. The van der Waals surface area contributed by atoms with Crippen LogP contribution in [0.25, 0.3) is 0 Å². The number of methoxy groups -OCH3 is 4. The van der Waals surface area contributed by atoms with Crippen molar-refractivity contribution in [2.24, 2.45) is 0 Å². The summed E-state index contributed by atoms with van der Waals surface area (Å²) in [5, 5.41) is 20.5. The zero-order chi connectivity index (χ0) is 19.1. The van der Waals surface area contributed by atoms with Gasteiger partial charge in [-0.25, -0.2) is 0 Å². The zero-order valence-electron chi connectivity index (χ0n) is 15.3. The topological polar surface area (TPSA) is 86.6 Å². The van der Waals surface area contributed by atoms with E-state index in [0.717, 1.165) is 0 Å². The van der Waals surface area contributed by atoms with Crippen LogP contribution in [-0.2, 0) is 0 Å². The summed E-state index contributed by atoms with van der Waals surface area (Å²) in [6.45, 7) is -0.407. The van der Waals surface area contributed by atoms with Crippen LogP contribution in [0.1, 0.15) is 11.7 Å². The number of aliphatic hydroxyl groups is 2.